The molecule has 0 bridgehead atoms. The number of carboxylic acids is 1. The number of rotatable bonds is 8. The zero-order chi connectivity index (χ0) is 25.9. The number of carbonyl (C=O) groups is 1. The van der Waals surface area contributed by atoms with Gasteiger partial charge in [0.2, 0.25) is 5.76 Å². The Bertz CT molecular complexity index is 1360. The van der Waals surface area contributed by atoms with Crippen LogP contribution in [0.5, 0.6) is 0 Å². The highest BCUT2D eigenvalue weighted by Crippen LogP contribution is 2.38. The number of nitrogens with zero attached hydrogens (tertiary/aromatic N) is 1. The summed E-state index contributed by atoms with van der Waals surface area (Å²) >= 11 is 6.02. The molecule has 0 radical (unpaired) electrons. The van der Waals surface area contributed by atoms with Gasteiger partial charge in [0.25, 0.3) is 0 Å². The zero-order valence-electron chi connectivity index (χ0n) is 18.5. The molecular weight excluding hydrogens is 500 g/mol. The Morgan fingerprint density at radius 1 is 1.00 bits per heavy atom. The lowest BCUT2D eigenvalue weighted by molar-refractivity contribution is -0.137. The fourth-order valence-corrected chi connectivity index (χ4v) is 4.06. The van der Waals surface area contributed by atoms with Crippen molar-refractivity contribution in [1.29, 1.82) is 0 Å². The molecule has 2 N–H and O–H groups in total. The highest BCUT2D eigenvalue weighted by atomic mass is 35.5. The summed E-state index contributed by atoms with van der Waals surface area (Å²) in [5.41, 5.74) is -1.66. The number of hydrogen-bond donors (Lipinski definition) is 2. The SMILES string of the molecule is O=C(O)c1ccc(CNC(Cc2ccccc2)(c2cc(F)cc(C(F)(F)F)c2)c2ccc(Cl)cn2)o1. The van der Waals surface area contributed by atoms with Gasteiger partial charge in [-0.25, -0.2) is 9.18 Å². The number of pyridine rings is 1. The quantitative estimate of drug-likeness (QED) is 0.262. The highest BCUT2D eigenvalue weighted by molar-refractivity contribution is 6.30. The van der Waals surface area contributed by atoms with Crippen LogP contribution in [0.2, 0.25) is 5.02 Å². The van der Waals surface area contributed by atoms with Crippen LogP contribution in [0.3, 0.4) is 0 Å². The Morgan fingerprint density at radius 3 is 2.33 bits per heavy atom. The maximum atomic E-state index is 14.6. The predicted octanol–water partition coefficient (Wildman–Crippen LogP) is 6.46. The van der Waals surface area contributed by atoms with Gasteiger partial charge in [-0.05, 0) is 53.6 Å². The van der Waals surface area contributed by atoms with Gasteiger partial charge in [-0.1, -0.05) is 41.9 Å². The van der Waals surface area contributed by atoms with E-state index in [2.05, 4.69) is 10.3 Å². The van der Waals surface area contributed by atoms with E-state index in [0.29, 0.717) is 11.1 Å². The van der Waals surface area contributed by atoms with E-state index < -0.39 is 29.1 Å². The molecule has 1 unspecified atom stereocenters. The molecule has 0 saturated heterocycles. The molecule has 1 atom stereocenters. The number of nitrogens with one attached hydrogen (secondary N) is 1. The van der Waals surface area contributed by atoms with Gasteiger partial charge in [0, 0.05) is 12.6 Å². The first-order valence-corrected chi connectivity index (χ1v) is 11.1. The van der Waals surface area contributed by atoms with Crippen molar-refractivity contribution in [2.75, 3.05) is 0 Å². The van der Waals surface area contributed by atoms with E-state index in [-0.39, 0.29) is 35.7 Å². The number of hydrogen-bond acceptors (Lipinski definition) is 4. The van der Waals surface area contributed by atoms with Crippen LogP contribution in [-0.2, 0) is 24.7 Å². The summed E-state index contributed by atoms with van der Waals surface area (Å²) in [6, 6.07) is 17.0. The lowest BCUT2D eigenvalue weighted by Gasteiger charge is -2.36. The minimum Gasteiger partial charge on any atom is -0.475 e. The summed E-state index contributed by atoms with van der Waals surface area (Å²) in [5.74, 6) is -2.42. The summed E-state index contributed by atoms with van der Waals surface area (Å²) in [6.07, 6.45) is -3.37. The molecule has 0 spiro atoms. The van der Waals surface area contributed by atoms with Crippen LogP contribution in [0.25, 0.3) is 0 Å². The van der Waals surface area contributed by atoms with Gasteiger partial charge in [0.1, 0.15) is 11.6 Å². The molecule has 5 nitrogen and oxygen atoms in total. The maximum absolute atomic E-state index is 14.6. The highest BCUT2D eigenvalue weighted by Gasteiger charge is 2.39. The van der Waals surface area contributed by atoms with Gasteiger partial charge in [-0.15, -0.1) is 0 Å². The molecule has 2 heterocycles. The molecule has 2 aromatic heterocycles. The van der Waals surface area contributed by atoms with Gasteiger partial charge < -0.3 is 9.52 Å². The molecular formula is C26H19ClF4N2O3. The van der Waals surface area contributed by atoms with E-state index in [1.54, 1.807) is 36.4 Å². The molecule has 186 valence electrons. The van der Waals surface area contributed by atoms with E-state index in [1.807, 2.05) is 0 Å². The molecule has 0 aliphatic heterocycles. The van der Waals surface area contributed by atoms with E-state index in [0.717, 1.165) is 17.7 Å². The number of aromatic nitrogens is 1. The van der Waals surface area contributed by atoms with Crippen LogP contribution in [0, 0.1) is 5.82 Å². The lowest BCUT2D eigenvalue weighted by atomic mass is 9.79. The molecule has 4 rings (SSSR count). The molecule has 0 fully saturated rings. The van der Waals surface area contributed by atoms with Crippen molar-refractivity contribution < 1.29 is 31.9 Å². The van der Waals surface area contributed by atoms with Crippen molar-refractivity contribution in [1.82, 2.24) is 10.3 Å². The lowest BCUT2D eigenvalue weighted by Crippen LogP contribution is -2.46. The second-order valence-corrected chi connectivity index (χ2v) is 8.52. The van der Waals surface area contributed by atoms with Crippen molar-refractivity contribution in [2.45, 2.75) is 24.7 Å². The smallest absolute Gasteiger partial charge is 0.416 e. The number of aromatic carboxylic acids is 1. The second kappa shape index (κ2) is 10.1. The third kappa shape index (κ3) is 5.58. The van der Waals surface area contributed by atoms with Gasteiger partial charge in [0.15, 0.2) is 0 Å². The number of alkyl halides is 3. The average Bonchev–Trinajstić information content (AvgIpc) is 3.32. The monoisotopic (exact) mass is 518 g/mol. The van der Waals surface area contributed by atoms with Crippen LogP contribution >= 0.6 is 11.6 Å². The first kappa shape index (κ1) is 25.4. The molecule has 0 aliphatic rings. The number of benzene rings is 2. The first-order chi connectivity index (χ1) is 17.1. The summed E-state index contributed by atoms with van der Waals surface area (Å²) < 4.78 is 60.9. The van der Waals surface area contributed by atoms with Crippen molar-refractivity contribution in [3.8, 4) is 0 Å². The Hall–Kier alpha value is -3.69. The van der Waals surface area contributed by atoms with Crippen LogP contribution in [0.1, 0.15) is 38.7 Å². The molecule has 10 heteroatoms. The van der Waals surface area contributed by atoms with Gasteiger partial charge in [-0.3, -0.25) is 10.3 Å². The summed E-state index contributed by atoms with van der Waals surface area (Å²) in [4.78, 5) is 15.6. The van der Waals surface area contributed by atoms with Crippen LogP contribution in [0.15, 0.2) is 83.4 Å². The van der Waals surface area contributed by atoms with Crippen LogP contribution < -0.4 is 5.32 Å². The minimum atomic E-state index is -4.79. The third-order valence-electron chi connectivity index (χ3n) is 5.63. The van der Waals surface area contributed by atoms with Crippen molar-refractivity contribution in [2.24, 2.45) is 0 Å². The number of halogens is 5. The Kier molecular flexibility index (Phi) is 7.14. The van der Waals surface area contributed by atoms with E-state index in [1.165, 1.54) is 24.4 Å². The summed E-state index contributed by atoms with van der Waals surface area (Å²) in [7, 11) is 0. The number of carboxylic acid groups (broad SMARTS) is 1. The molecule has 0 saturated carbocycles. The molecule has 2 aromatic carbocycles. The fraction of sp³-hybridized carbons (Fsp3) is 0.154. The first-order valence-electron chi connectivity index (χ1n) is 10.7. The van der Waals surface area contributed by atoms with Gasteiger partial charge >= 0.3 is 12.1 Å². The largest absolute Gasteiger partial charge is 0.475 e. The summed E-state index contributed by atoms with van der Waals surface area (Å²) in [6.45, 7) is -0.0950. The van der Waals surface area contributed by atoms with Gasteiger partial charge in [0.05, 0.1) is 28.4 Å². The Labute approximate surface area is 208 Å². The standard InChI is InChI=1S/C26H19ClF4N2O3/c27-19-6-9-23(32-14-19)25(13-16-4-2-1-3-5-16,33-15-21-7-8-22(36-21)24(34)35)17-10-18(26(29,30)31)12-20(28)11-17/h1-12,14,33H,13,15H2,(H,34,35). The van der Waals surface area contributed by atoms with E-state index in [4.69, 9.17) is 21.1 Å². The number of furan rings is 1. The summed E-state index contributed by atoms with van der Waals surface area (Å²) in [5, 5.41) is 12.6. The van der Waals surface area contributed by atoms with Crippen molar-refractivity contribution >= 4 is 17.6 Å². The maximum Gasteiger partial charge on any atom is 0.416 e. The van der Waals surface area contributed by atoms with E-state index in [9.17, 15) is 22.4 Å². The molecule has 0 aliphatic carbocycles. The second-order valence-electron chi connectivity index (χ2n) is 8.08. The van der Waals surface area contributed by atoms with Crippen LogP contribution in [0.4, 0.5) is 17.6 Å². The normalized spacial score (nSPS) is 13.4. The Morgan fingerprint density at radius 2 is 1.72 bits per heavy atom. The third-order valence-corrected chi connectivity index (χ3v) is 5.86. The molecule has 36 heavy (non-hydrogen) atoms. The molecule has 4 aromatic rings. The average molecular weight is 519 g/mol. The van der Waals surface area contributed by atoms with E-state index >= 15 is 0 Å². The van der Waals surface area contributed by atoms with Gasteiger partial charge in [-0.2, -0.15) is 13.2 Å². The molecule has 0 amide bonds. The predicted molar refractivity (Wildman–Crippen MR) is 124 cm³/mol. The van der Waals surface area contributed by atoms with Crippen molar-refractivity contribution in [3.05, 3.63) is 124 Å². The minimum absolute atomic E-state index is 0.0292. The van der Waals surface area contributed by atoms with Crippen LogP contribution in [-0.4, -0.2) is 16.1 Å². The fourth-order valence-electron chi connectivity index (χ4n) is 3.95. The Balaban J connectivity index is 1.91. The van der Waals surface area contributed by atoms with Crippen molar-refractivity contribution in [3.63, 3.8) is 0 Å². The topological polar surface area (TPSA) is 75.4 Å². The zero-order valence-corrected chi connectivity index (χ0v) is 19.3.